The van der Waals surface area contributed by atoms with Gasteiger partial charge in [0, 0.05) is 18.9 Å². The van der Waals surface area contributed by atoms with Crippen LogP contribution < -0.4 is 5.32 Å². The number of aromatic hydroxyl groups is 1. The number of fused-ring (bicyclic) bond motifs is 1. The highest BCUT2D eigenvalue weighted by Crippen LogP contribution is 2.55. The van der Waals surface area contributed by atoms with Crippen LogP contribution >= 0.6 is 0 Å². The highest BCUT2D eigenvalue weighted by atomic mass is 19.4. The first-order chi connectivity index (χ1) is 17.5. The molecule has 1 aliphatic carbocycles. The lowest BCUT2D eigenvalue weighted by molar-refractivity contribution is -0.190. The monoisotopic (exact) mass is 516 g/mol. The summed E-state index contributed by atoms with van der Waals surface area (Å²) >= 11 is 0. The van der Waals surface area contributed by atoms with E-state index in [1.54, 1.807) is 42.3 Å². The molecular formula is C28H31F3N2O4. The number of carbonyl (C=O) groups excluding carboxylic acids is 2. The van der Waals surface area contributed by atoms with Crippen molar-refractivity contribution in [1.82, 2.24) is 10.2 Å². The largest absolute Gasteiger partial charge is 0.508 e. The zero-order valence-corrected chi connectivity index (χ0v) is 20.8. The number of rotatable bonds is 5. The van der Waals surface area contributed by atoms with Crippen molar-refractivity contribution in [3.63, 3.8) is 0 Å². The highest BCUT2D eigenvalue weighted by molar-refractivity contribution is 5.99. The number of benzene rings is 2. The van der Waals surface area contributed by atoms with Gasteiger partial charge in [0.1, 0.15) is 16.9 Å². The molecule has 1 amide bonds. The van der Waals surface area contributed by atoms with Gasteiger partial charge in [0.05, 0.1) is 6.17 Å². The van der Waals surface area contributed by atoms with Gasteiger partial charge in [-0.3, -0.25) is 14.5 Å². The molecule has 1 saturated heterocycles. The molecule has 37 heavy (non-hydrogen) atoms. The molecule has 4 rings (SSSR count). The third-order valence-corrected chi connectivity index (χ3v) is 7.58. The van der Waals surface area contributed by atoms with Gasteiger partial charge in [-0.1, -0.05) is 48.9 Å². The molecule has 1 saturated carbocycles. The second-order valence-corrected chi connectivity index (χ2v) is 10.0. The number of ether oxygens (including phenoxy) is 1. The van der Waals surface area contributed by atoms with Crippen molar-refractivity contribution in [2.24, 2.45) is 0 Å². The number of phenols is 1. The van der Waals surface area contributed by atoms with Gasteiger partial charge in [-0.2, -0.15) is 13.2 Å². The number of phenolic OH excluding ortho intramolecular Hbond substituents is 1. The number of hydrogen-bond donors (Lipinski definition) is 2. The summed E-state index contributed by atoms with van der Waals surface area (Å²) in [6.45, 7) is 1.56. The minimum atomic E-state index is -4.86. The van der Waals surface area contributed by atoms with E-state index in [0.717, 1.165) is 24.5 Å². The molecule has 0 spiro atoms. The Morgan fingerprint density at radius 1 is 1.11 bits per heavy atom. The maximum Gasteiger partial charge on any atom is 0.421 e. The molecule has 2 aromatic rings. The first kappa shape index (κ1) is 26.7. The SMILES string of the molecule is CC(=O)OC12CCCC[C@@]1(c1cccc(O)c1)C[C@@H](NC(=O)C(=Cc1ccccc1)C(F)(F)F)N(C)C2. The normalized spacial score (nSPS) is 26.7. The summed E-state index contributed by atoms with van der Waals surface area (Å²) in [4.78, 5) is 27.1. The van der Waals surface area contributed by atoms with Gasteiger partial charge in [-0.05, 0) is 62.1 Å². The Labute approximate surface area is 214 Å². The Balaban J connectivity index is 1.72. The molecule has 3 atom stereocenters. The fourth-order valence-electron chi connectivity index (χ4n) is 5.99. The fraction of sp³-hybridized carbons (Fsp3) is 0.429. The average Bonchev–Trinajstić information content (AvgIpc) is 2.82. The van der Waals surface area contributed by atoms with Crippen LogP contribution in [0.1, 0.15) is 50.2 Å². The Bertz CT molecular complexity index is 1180. The molecule has 9 heteroatoms. The number of likely N-dealkylation sites (N-methyl/N-ethyl adjacent to an activating group) is 1. The van der Waals surface area contributed by atoms with E-state index in [2.05, 4.69) is 5.32 Å². The van der Waals surface area contributed by atoms with E-state index in [1.165, 1.54) is 25.1 Å². The van der Waals surface area contributed by atoms with Crippen molar-refractivity contribution in [2.75, 3.05) is 13.6 Å². The van der Waals surface area contributed by atoms with Crippen molar-refractivity contribution < 1.29 is 32.6 Å². The Hall–Kier alpha value is -3.33. The van der Waals surface area contributed by atoms with Gasteiger partial charge in [0.15, 0.2) is 0 Å². The number of nitrogens with one attached hydrogen (secondary N) is 1. The quantitative estimate of drug-likeness (QED) is 0.435. The van der Waals surface area contributed by atoms with Crippen LogP contribution in [0.3, 0.4) is 0 Å². The number of carbonyl (C=O) groups is 2. The summed E-state index contributed by atoms with van der Waals surface area (Å²) < 4.78 is 47.8. The third-order valence-electron chi connectivity index (χ3n) is 7.58. The van der Waals surface area contributed by atoms with Gasteiger partial charge in [0.25, 0.3) is 5.91 Å². The second-order valence-electron chi connectivity index (χ2n) is 10.0. The van der Waals surface area contributed by atoms with Gasteiger partial charge < -0.3 is 15.2 Å². The zero-order valence-electron chi connectivity index (χ0n) is 20.8. The first-order valence-corrected chi connectivity index (χ1v) is 12.3. The summed E-state index contributed by atoms with van der Waals surface area (Å²) in [7, 11) is 1.70. The molecular weight excluding hydrogens is 485 g/mol. The van der Waals surface area contributed by atoms with Crippen LogP contribution in [0.15, 0.2) is 60.2 Å². The lowest BCUT2D eigenvalue weighted by Crippen LogP contribution is -2.70. The Morgan fingerprint density at radius 2 is 1.81 bits per heavy atom. The molecule has 198 valence electrons. The maximum atomic E-state index is 13.9. The summed E-state index contributed by atoms with van der Waals surface area (Å²) in [5.74, 6) is -1.64. The van der Waals surface area contributed by atoms with E-state index in [9.17, 15) is 27.9 Å². The number of piperidine rings is 1. The van der Waals surface area contributed by atoms with Gasteiger partial charge >= 0.3 is 12.1 Å². The minimum Gasteiger partial charge on any atom is -0.508 e. The van der Waals surface area contributed by atoms with Crippen LogP contribution in [0.2, 0.25) is 0 Å². The molecule has 6 nitrogen and oxygen atoms in total. The van der Waals surface area contributed by atoms with Crippen molar-refractivity contribution in [3.05, 3.63) is 71.3 Å². The van der Waals surface area contributed by atoms with Crippen molar-refractivity contribution in [3.8, 4) is 5.75 Å². The topological polar surface area (TPSA) is 78.9 Å². The number of alkyl halides is 3. The van der Waals surface area contributed by atoms with E-state index < -0.39 is 40.8 Å². The van der Waals surface area contributed by atoms with Crippen LogP contribution in [0, 0.1) is 0 Å². The molecule has 2 fully saturated rings. The predicted molar refractivity (Wildman–Crippen MR) is 132 cm³/mol. The molecule has 0 radical (unpaired) electrons. The van der Waals surface area contributed by atoms with Crippen molar-refractivity contribution >= 4 is 18.0 Å². The van der Waals surface area contributed by atoms with Gasteiger partial charge in [0.2, 0.25) is 0 Å². The van der Waals surface area contributed by atoms with E-state index in [-0.39, 0.29) is 24.3 Å². The molecule has 1 unspecified atom stereocenters. The second kappa shape index (κ2) is 10.2. The number of amides is 1. The number of nitrogens with zero attached hydrogens (tertiary/aromatic N) is 1. The zero-order chi connectivity index (χ0) is 26.8. The molecule has 0 bridgehead atoms. The minimum absolute atomic E-state index is 0.0406. The maximum absolute atomic E-state index is 13.9. The van der Waals surface area contributed by atoms with E-state index >= 15 is 0 Å². The molecule has 0 aromatic heterocycles. The van der Waals surface area contributed by atoms with E-state index in [1.807, 2.05) is 6.07 Å². The summed E-state index contributed by atoms with van der Waals surface area (Å²) in [5, 5.41) is 12.8. The highest BCUT2D eigenvalue weighted by Gasteiger charge is 2.61. The van der Waals surface area contributed by atoms with Crippen LogP contribution in [0.5, 0.6) is 5.75 Å². The van der Waals surface area contributed by atoms with Crippen LogP contribution in [0.25, 0.3) is 6.08 Å². The number of likely N-dealkylation sites (tertiary alicyclic amines) is 1. The van der Waals surface area contributed by atoms with Gasteiger partial charge in [-0.25, -0.2) is 0 Å². The standard InChI is InChI=1S/C28H31F3N2O4/c1-19(34)37-27-14-7-6-13-26(27,21-11-8-12-22(35)16-21)17-24(33(2)18-27)32-25(36)23(28(29,30)31)15-20-9-4-3-5-10-20/h3-5,8-12,15-16,24,35H,6-7,13-14,17-18H2,1-2H3,(H,32,36)/t24-,26-,27?/m0/s1. The smallest absolute Gasteiger partial charge is 0.421 e. The Morgan fingerprint density at radius 3 is 2.46 bits per heavy atom. The summed E-state index contributed by atoms with van der Waals surface area (Å²) in [6.07, 6.45) is -1.79. The molecule has 2 aromatic carbocycles. The van der Waals surface area contributed by atoms with Crippen LogP contribution in [-0.4, -0.2) is 53.4 Å². The molecule has 1 aliphatic heterocycles. The van der Waals surface area contributed by atoms with Crippen molar-refractivity contribution in [1.29, 1.82) is 0 Å². The first-order valence-electron chi connectivity index (χ1n) is 12.3. The van der Waals surface area contributed by atoms with Crippen LogP contribution in [-0.2, 0) is 19.7 Å². The molecule has 2 aliphatic rings. The average molecular weight is 517 g/mol. The fourth-order valence-corrected chi connectivity index (χ4v) is 5.99. The summed E-state index contributed by atoms with van der Waals surface area (Å²) in [6, 6.07) is 14.6. The Kier molecular flexibility index (Phi) is 7.37. The third kappa shape index (κ3) is 5.37. The van der Waals surface area contributed by atoms with Crippen LogP contribution in [0.4, 0.5) is 13.2 Å². The van der Waals surface area contributed by atoms with E-state index in [0.29, 0.717) is 12.8 Å². The number of halogens is 3. The molecule has 2 N–H and O–H groups in total. The van der Waals surface area contributed by atoms with E-state index in [4.69, 9.17) is 4.74 Å². The predicted octanol–water partition coefficient (Wildman–Crippen LogP) is 4.93. The lowest BCUT2D eigenvalue weighted by Gasteiger charge is -2.59. The number of hydrogen-bond acceptors (Lipinski definition) is 5. The lowest BCUT2D eigenvalue weighted by atomic mass is 9.55. The molecule has 1 heterocycles. The summed E-state index contributed by atoms with van der Waals surface area (Å²) in [5.41, 5.74) is -2.05. The van der Waals surface area contributed by atoms with Crippen molar-refractivity contribution in [2.45, 2.75) is 62.4 Å². The number of esters is 1. The van der Waals surface area contributed by atoms with Gasteiger partial charge in [-0.15, -0.1) is 0 Å².